The molecular weight excluding hydrogens is 336 g/mol. The van der Waals surface area contributed by atoms with E-state index in [9.17, 15) is 14.4 Å². The molecule has 0 aliphatic rings. The van der Waals surface area contributed by atoms with Crippen LogP contribution in [-0.2, 0) is 25.5 Å². The van der Waals surface area contributed by atoms with Crippen molar-refractivity contribution >= 4 is 17.8 Å². The number of rotatable bonds is 8. The minimum Gasteiger partial charge on any atom is -0.484 e. The number of carbonyl (C=O) groups excluding carboxylic acids is 3. The minimum atomic E-state index is -0.605. The van der Waals surface area contributed by atoms with E-state index in [1.165, 1.54) is 4.90 Å². The molecule has 0 saturated heterocycles. The van der Waals surface area contributed by atoms with Gasteiger partial charge in [-0.2, -0.15) is 0 Å². The SMILES string of the molecule is CC(C)N(CC(=O)OC(C)(C)C)C(=O)COc1ccc(CC(N)=O)cc1. The van der Waals surface area contributed by atoms with Crippen LogP contribution in [-0.4, -0.2) is 47.5 Å². The van der Waals surface area contributed by atoms with Crippen molar-refractivity contribution in [2.24, 2.45) is 5.73 Å². The van der Waals surface area contributed by atoms with E-state index in [-0.39, 0.29) is 31.5 Å². The maximum atomic E-state index is 12.4. The van der Waals surface area contributed by atoms with Gasteiger partial charge in [-0.15, -0.1) is 0 Å². The van der Waals surface area contributed by atoms with Crippen LogP contribution in [0.2, 0.25) is 0 Å². The highest BCUT2D eigenvalue weighted by Crippen LogP contribution is 2.13. The molecule has 0 aromatic heterocycles. The molecule has 7 nitrogen and oxygen atoms in total. The molecular formula is C19H28N2O5. The summed E-state index contributed by atoms with van der Waals surface area (Å²) >= 11 is 0. The Kier molecular flexibility index (Phi) is 7.61. The third kappa shape index (κ3) is 8.00. The number of primary amides is 1. The van der Waals surface area contributed by atoms with E-state index < -0.39 is 17.5 Å². The van der Waals surface area contributed by atoms with Crippen LogP contribution < -0.4 is 10.5 Å². The molecule has 0 spiro atoms. The number of carbonyl (C=O) groups is 3. The van der Waals surface area contributed by atoms with Gasteiger partial charge in [-0.3, -0.25) is 14.4 Å². The Balaban J connectivity index is 2.62. The van der Waals surface area contributed by atoms with Crippen molar-refractivity contribution in [3.8, 4) is 5.75 Å². The summed E-state index contributed by atoms with van der Waals surface area (Å²) in [7, 11) is 0. The Labute approximate surface area is 154 Å². The van der Waals surface area contributed by atoms with E-state index in [0.717, 1.165) is 5.56 Å². The quantitative estimate of drug-likeness (QED) is 0.708. The molecule has 144 valence electrons. The number of esters is 1. The number of nitrogens with zero attached hydrogens (tertiary/aromatic N) is 1. The number of benzene rings is 1. The highest BCUT2D eigenvalue weighted by molar-refractivity contribution is 5.83. The molecule has 1 aromatic carbocycles. The molecule has 0 atom stereocenters. The molecule has 0 bridgehead atoms. The van der Waals surface area contributed by atoms with Crippen molar-refractivity contribution < 1.29 is 23.9 Å². The molecule has 0 unspecified atom stereocenters. The first kappa shape index (κ1) is 21.5. The standard InChI is InChI=1S/C19H28N2O5/c1-13(2)21(11-18(24)26-19(3,4)5)17(23)12-25-15-8-6-14(7-9-15)10-16(20)22/h6-9,13H,10-12H2,1-5H3,(H2,20,22). The Morgan fingerprint density at radius 3 is 2.15 bits per heavy atom. The van der Waals surface area contributed by atoms with Crippen LogP contribution in [0.4, 0.5) is 0 Å². The Morgan fingerprint density at radius 2 is 1.69 bits per heavy atom. The maximum Gasteiger partial charge on any atom is 0.326 e. The van der Waals surface area contributed by atoms with Crippen LogP contribution in [0.25, 0.3) is 0 Å². The van der Waals surface area contributed by atoms with Gasteiger partial charge < -0.3 is 20.1 Å². The van der Waals surface area contributed by atoms with Gasteiger partial charge in [0.15, 0.2) is 6.61 Å². The molecule has 1 aromatic rings. The minimum absolute atomic E-state index is 0.130. The number of hydrogen-bond acceptors (Lipinski definition) is 5. The molecule has 0 fully saturated rings. The average molecular weight is 364 g/mol. The molecule has 0 saturated carbocycles. The van der Waals surface area contributed by atoms with Gasteiger partial charge in [0.25, 0.3) is 5.91 Å². The summed E-state index contributed by atoms with van der Waals surface area (Å²) in [6, 6.07) is 6.59. The number of amides is 2. The first-order chi connectivity index (χ1) is 12.0. The molecule has 1 rings (SSSR count). The zero-order valence-corrected chi connectivity index (χ0v) is 16.1. The van der Waals surface area contributed by atoms with Gasteiger partial charge in [0, 0.05) is 6.04 Å². The summed E-state index contributed by atoms with van der Waals surface area (Å²) in [5, 5.41) is 0. The lowest BCUT2D eigenvalue weighted by Gasteiger charge is -2.28. The third-order valence-corrected chi connectivity index (χ3v) is 3.33. The predicted octanol–water partition coefficient (Wildman–Crippen LogP) is 1.67. The molecule has 0 aliphatic heterocycles. The van der Waals surface area contributed by atoms with E-state index in [1.807, 2.05) is 13.8 Å². The fourth-order valence-electron chi connectivity index (χ4n) is 2.20. The van der Waals surface area contributed by atoms with Gasteiger partial charge in [-0.1, -0.05) is 12.1 Å². The predicted molar refractivity (Wildman–Crippen MR) is 97.5 cm³/mol. The van der Waals surface area contributed by atoms with Crippen molar-refractivity contribution in [1.29, 1.82) is 0 Å². The van der Waals surface area contributed by atoms with Crippen LogP contribution >= 0.6 is 0 Å². The second kappa shape index (κ2) is 9.22. The van der Waals surface area contributed by atoms with Crippen LogP contribution in [0.3, 0.4) is 0 Å². The Morgan fingerprint density at radius 1 is 1.12 bits per heavy atom. The van der Waals surface area contributed by atoms with E-state index in [2.05, 4.69) is 0 Å². The fraction of sp³-hybridized carbons (Fsp3) is 0.526. The highest BCUT2D eigenvalue weighted by atomic mass is 16.6. The second-order valence-electron chi connectivity index (χ2n) is 7.28. The first-order valence-corrected chi connectivity index (χ1v) is 8.49. The number of ether oxygens (including phenoxy) is 2. The van der Waals surface area contributed by atoms with Crippen molar-refractivity contribution in [2.75, 3.05) is 13.2 Å². The van der Waals surface area contributed by atoms with Gasteiger partial charge in [0.05, 0.1) is 6.42 Å². The van der Waals surface area contributed by atoms with Crippen molar-refractivity contribution in [3.05, 3.63) is 29.8 Å². The number of nitrogens with two attached hydrogens (primary N) is 1. The summed E-state index contributed by atoms with van der Waals surface area (Å²) in [4.78, 5) is 36.7. The van der Waals surface area contributed by atoms with Gasteiger partial charge in [-0.25, -0.2) is 0 Å². The van der Waals surface area contributed by atoms with Crippen LogP contribution in [0.15, 0.2) is 24.3 Å². The van der Waals surface area contributed by atoms with E-state index in [4.69, 9.17) is 15.2 Å². The molecule has 0 radical (unpaired) electrons. The van der Waals surface area contributed by atoms with Crippen LogP contribution in [0.1, 0.15) is 40.2 Å². The lowest BCUT2D eigenvalue weighted by Crippen LogP contribution is -2.44. The maximum absolute atomic E-state index is 12.4. The summed E-state index contributed by atoms with van der Waals surface area (Å²) in [5.74, 6) is -0.696. The zero-order valence-electron chi connectivity index (χ0n) is 16.1. The largest absolute Gasteiger partial charge is 0.484 e. The van der Waals surface area contributed by atoms with Crippen molar-refractivity contribution in [3.63, 3.8) is 0 Å². The lowest BCUT2D eigenvalue weighted by molar-refractivity contribution is -0.160. The van der Waals surface area contributed by atoms with Gasteiger partial charge in [0.2, 0.25) is 5.91 Å². The Hall–Kier alpha value is -2.57. The Bertz CT molecular complexity index is 632. The van der Waals surface area contributed by atoms with Crippen molar-refractivity contribution in [2.45, 2.75) is 52.7 Å². The fourth-order valence-corrected chi connectivity index (χ4v) is 2.20. The summed E-state index contributed by atoms with van der Waals surface area (Å²) in [5.41, 5.74) is 5.31. The first-order valence-electron chi connectivity index (χ1n) is 8.49. The summed E-state index contributed by atoms with van der Waals surface area (Å²) in [6.45, 7) is 8.64. The summed E-state index contributed by atoms with van der Waals surface area (Å²) in [6.07, 6.45) is 0.149. The zero-order chi connectivity index (χ0) is 19.9. The summed E-state index contributed by atoms with van der Waals surface area (Å²) < 4.78 is 10.7. The third-order valence-electron chi connectivity index (χ3n) is 3.33. The normalized spacial score (nSPS) is 11.2. The highest BCUT2D eigenvalue weighted by Gasteiger charge is 2.24. The molecule has 26 heavy (non-hydrogen) atoms. The van der Waals surface area contributed by atoms with E-state index in [0.29, 0.717) is 5.75 Å². The second-order valence-corrected chi connectivity index (χ2v) is 7.28. The molecule has 2 amide bonds. The number of hydrogen-bond donors (Lipinski definition) is 1. The van der Waals surface area contributed by atoms with Crippen LogP contribution in [0, 0.1) is 0 Å². The van der Waals surface area contributed by atoms with Crippen LogP contribution in [0.5, 0.6) is 5.75 Å². The molecule has 7 heteroatoms. The monoisotopic (exact) mass is 364 g/mol. The molecule has 2 N–H and O–H groups in total. The van der Waals surface area contributed by atoms with Gasteiger partial charge >= 0.3 is 5.97 Å². The topological polar surface area (TPSA) is 98.9 Å². The van der Waals surface area contributed by atoms with E-state index in [1.54, 1.807) is 45.0 Å². The smallest absolute Gasteiger partial charge is 0.326 e. The lowest BCUT2D eigenvalue weighted by atomic mass is 10.1. The molecule has 0 aliphatic carbocycles. The average Bonchev–Trinajstić information content (AvgIpc) is 2.49. The van der Waals surface area contributed by atoms with Crippen molar-refractivity contribution in [1.82, 2.24) is 4.90 Å². The molecule has 0 heterocycles. The van der Waals surface area contributed by atoms with E-state index >= 15 is 0 Å². The van der Waals surface area contributed by atoms with Gasteiger partial charge in [0.1, 0.15) is 17.9 Å². The van der Waals surface area contributed by atoms with Gasteiger partial charge in [-0.05, 0) is 52.3 Å².